The summed E-state index contributed by atoms with van der Waals surface area (Å²) in [6.07, 6.45) is -0.844. The number of anilines is 1. The van der Waals surface area contributed by atoms with Crippen LogP contribution in [0.5, 0.6) is 5.75 Å². The number of hydrazine groups is 1. The van der Waals surface area contributed by atoms with Crippen molar-refractivity contribution in [2.24, 2.45) is 5.41 Å². The minimum absolute atomic E-state index is 0.000134. The van der Waals surface area contributed by atoms with E-state index in [0.29, 0.717) is 16.8 Å². The first-order valence-corrected chi connectivity index (χ1v) is 14.5. The van der Waals surface area contributed by atoms with Crippen molar-refractivity contribution in [1.29, 1.82) is 0 Å². The number of carbonyl (C=O) groups is 3. The van der Waals surface area contributed by atoms with E-state index in [1.54, 1.807) is 64.1 Å². The average molecular weight is 656 g/mol. The Balaban J connectivity index is 2.00. The van der Waals surface area contributed by atoms with Gasteiger partial charge in [0.1, 0.15) is 11.8 Å². The lowest BCUT2D eigenvalue weighted by atomic mass is 9.86. The number of phenolic OH excluding ortho intramolecular Hbond substituents is 1. The van der Waals surface area contributed by atoms with Gasteiger partial charge in [0.05, 0.1) is 13.7 Å². The van der Waals surface area contributed by atoms with Gasteiger partial charge in [-0.3, -0.25) is 15.0 Å². The van der Waals surface area contributed by atoms with Gasteiger partial charge in [-0.25, -0.2) is 9.80 Å². The summed E-state index contributed by atoms with van der Waals surface area (Å²) in [7, 11) is 1.21. The summed E-state index contributed by atoms with van der Waals surface area (Å²) in [5.74, 6) is -1.28. The zero-order chi connectivity index (χ0) is 31.8. The normalized spacial score (nSPS) is 13.5. The van der Waals surface area contributed by atoms with Crippen molar-refractivity contribution in [2.75, 3.05) is 19.0 Å². The second-order valence-electron chi connectivity index (χ2n) is 11.5. The number of aliphatic hydroxyl groups is 1. The highest BCUT2D eigenvalue weighted by Gasteiger charge is 2.40. The molecule has 3 rings (SSSR count). The van der Waals surface area contributed by atoms with Crippen molar-refractivity contribution in [3.63, 3.8) is 0 Å². The van der Waals surface area contributed by atoms with E-state index in [-0.39, 0.29) is 25.3 Å². The molecule has 0 radical (unpaired) electrons. The standard InChI is InChI=1S/C32H39BrN4O6/c1-21-25(12-9-13-26(21)38)34-29(40)32(42,18-22-10-7-6-8-11-22)20-37(19-23-14-16-24(33)17-15-23)36-28(39)27(31(2,3)4)35-30(41)43-5/h6-17,27,38,42H,18-20H2,1-5H3,(H,34,40)(H,35,41)(H,36,39)/t27-,32+/m1/s1. The maximum atomic E-state index is 13.8. The molecule has 0 spiro atoms. The minimum atomic E-state index is -2.05. The quantitative estimate of drug-likeness (QED) is 0.189. The molecule has 0 aliphatic rings. The molecule has 0 heterocycles. The molecule has 3 aromatic carbocycles. The molecule has 0 aromatic heterocycles. The zero-order valence-electron chi connectivity index (χ0n) is 25.0. The van der Waals surface area contributed by atoms with Crippen LogP contribution in [0.3, 0.4) is 0 Å². The smallest absolute Gasteiger partial charge is 0.407 e. The molecule has 0 unspecified atom stereocenters. The molecule has 0 fully saturated rings. The van der Waals surface area contributed by atoms with E-state index < -0.39 is 35.0 Å². The van der Waals surface area contributed by atoms with Crippen LogP contribution in [0.2, 0.25) is 0 Å². The van der Waals surface area contributed by atoms with E-state index in [2.05, 4.69) is 32.0 Å². The Bertz CT molecular complexity index is 1410. The number of rotatable bonds is 11. The van der Waals surface area contributed by atoms with Gasteiger partial charge in [-0.2, -0.15) is 0 Å². The number of hydrogen-bond acceptors (Lipinski definition) is 7. The summed E-state index contributed by atoms with van der Waals surface area (Å²) < 4.78 is 5.60. The van der Waals surface area contributed by atoms with Gasteiger partial charge >= 0.3 is 6.09 Å². The molecule has 5 N–H and O–H groups in total. The molecular weight excluding hydrogens is 616 g/mol. The molecule has 11 heteroatoms. The van der Waals surface area contributed by atoms with Crippen molar-refractivity contribution < 1.29 is 29.3 Å². The number of benzene rings is 3. The highest BCUT2D eigenvalue weighted by atomic mass is 79.9. The Hall–Kier alpha value is -3.93. The summed E-state index contributed by atoms with van der Waals surface area (Å²) in [5, 5.41) is 29.0. The van der Waals surface area contributed by atoms with Gasteiger partial charge in [0, 0.05) is 28.7 Å². The van der Waals surface area contributed by atoms with Crippen LogP contribution in [0, 0.1) is 12.3 Å². The lowest BCUT2D eigenvalue weighted by Crippen LogP contribution is -2.61. The monoisotopic (exact) mass is 654 g/mol. The molecule has 230 valence electrons. The summed E-state index contributed by atoms with van der Waals surface area (Å²) in [5.41, 5.74) is 2.36. The second kappa shape index (κ2) is 14.5. The Morgan fingerprint density at radius 3 is 2.21 bits per heavy atom. The number of carbonyl (C=O) groups excluding carboxylic acids is 3. The number of halogens is 1. The largest absolute Gasteiger partial charge is 0.508 e. The van der Waals surface area contributed by atoms with Crippen molar-refractivity contribution in [2.45, 2.75) is 52.3 Å². The number of phenols is 1. The highest BCUT2D eigenvalue weighted by molar-refractivity contribution is 9.10. The molecule has 2 atom stereocenters. The minimum Gasteiger partial charge on any atom is -0.508 e. The number of nitrogens with one attached hydrogen (secondary N) is 3. The van der Waals surface area contributed by atoms with Crippen molar-refractivity contribution in [3.05, 3.63) is 94.0 Å². The molecule has 0 saturated heterocycles. The number of aromatic hydroxyl groups is 1. The molecule has 3 aromatic rings. The lowest BCUT2D eigenvalue weighted by molar-refractivity contribution is -0.142. The third kappa shape index (κ3) is 9.54. The fourth-order valence-electron chi connectivity index (χ4n) is 4.47. The van der Waals surface area contributed by atoms with Crippen LogP contribution in [-0.2, 0) is 27.3 Å². The van der Waals surface area contributed by atoms with E-state index in [1.807, 2.05) is 30.3 Å². The molecular formula is C32H39BrN4O6. The summed E-state index contributed by atoms with van der Waals surface area (Å²) >= 11 is 3.42. The number of methoxy groups -OCH3 is 1. The average Bonchev–Trinajstić information content (AvgIpc) is 2.95. The first kappa shape index (κ1) is 33.6. The number of hydrogen-bond donors (Lipinski definition) is 5. The van der Waals surface area contributed by atoms with Gasteiger partial charge in [0.15, 0.2) is 5.60 Å². The Morgan fingerprint density at radius 2 is 1.60 bits per heavy atom. The first-order chi connectivity index (χ1) is 20.2. The predicted octanol–water partition coefficient (Wildman–Crippen LogP) is 4.68. The Morgan fingerprint density at radius 1 is 0.953 bits per heavy atom. The van der Waals surface area contributed by atoms with Gasteiger partial charge in [0.25, 0.3) is 11.8 Å². The fraction of sp³-hybridized carbons (Fsp3) is 0.344. The number of alkyl carbamates (subject to hydrolysis) is 1. The van der Waals surface area contributed by atoms with Gasteiger partial charge in [-0.15, -0.1) is 0 Å². The van der Waals surface area contributed by atoms with Gasteiger partial charge in [0.2, 0.25) is 0 Å². The second-order valence-corrected chi connectivity index (χ2v) is 12.4. The highest BCUT2D eigenvalue weighted by Crippen LogP contribution is 2.27. The topological polar surface area (TPSA) is 140 Å². The van der Waals surface area contributed by atoms with Crippen LogP contribution in [-0.4, -0.2) is 58.4 Å². The first-order valence-electron chi connectivity index (χ1n) is 13.7. The molecule has 0 aliphatic heterocycles. The molecule has 0 aliphatic carbocycles. The Kier molecular flexibility index (Phi) is 11.3. The van der Waals surface area contributed by atoms with Crippen LogP contribution in [0.15, 0.2) is 77.3 Å². The Labute approximate surface area is 260 Å². The van der Waals surface area contributed by atoms with Crippen LogP contribution in [0.1, 0.15) is 37.5 Å². The van der Waals surface area contributed by atoms with E-state index in [4.69, 9.17) is 4.74 Å². The molecule has 3 amide bonds. The lowest BCUT2D eigenvalue weighted by Gasteiger charge is -2.36. The zero-order valence-corrected chi connectivity index (χ0v) is 26.6. The summed E-state index contributed by atoms with van der Waals surface area (Å²) in [4.78, 5) is 39.6. The third-order valence-electron chi connectivity index (χ3n) is 6.90. The van der Waals surface area contributed by atoms with Gasteiger partial charge in [-0.05, 0) is 47.7 Å². The van der Waals surface area contributed by atoms with Crippen LogP contribution >= 0.6 is 15.9 Å². The molecule has 43 heavy (non-hydrogen) atoms. The van der Waals surface area contributed by atoms with Gasteiger partial charge in [-0.1, -0.05) is 85.2 Å². The van der Waals surface area contributed by atoms with Crippen LogP contribution < -0.4 is 16.1 Å². The van der Waals surface area contributed by atoms with Crippen molar-refractivity contribution >= 4 is 39.5 Å². The van der Waals surface area contributed by atoms with Crippen molar-refractivity contribution in [1.82, 2.24) is 15.8 Å². The summed E-state index contributed by atoms with van der Waals surface area (Å²) in [6.45, 7) is 6.85. The SMILES string of the molecule is COC(=O)N[C@H](C(=O)NN(Cc1ccc(Br)cc1)C[C@@](O)(Cc1ccccc1)C(=O)Nc1cccc(O)c1C)C(C)(C)C. The number of nitrogens with zero attached hydrogens (tertiary/aromatic N) is 1. The number of amides is 3. The maximum Gasteiger partial charge on any atom is 0.407 e. The molecule has 0 bridgehead atoms. The van der Waals surface area contributed by atoms with Crippen LogP contribution in [0.4, 0.5) is 10.5 Å². The number of ether oxygens (including phenoxy) is 1. The fourth-order valence-corrected chi connectivity index (χ4v) is 4.74. The predicted molar refractivity (Wildman–Crippen MR) is 168 cm³/mol. The van der Waals surface area contributed by atoms with E-state index in [1.165, 1.54) is 18.2 Å². The third-order valence-corrected chi connectivity index (χ3v) is 7.43. The summed E-state index contributed by atoms with van der Waals surface area (Å²) in [6, 6.07) is 20.2. The van der Waals surface area contributed by atoms with E-state index in [9.17, 15) is 24.6 Å². The van der Waals surface area contributed by atoms with Crippen LogP contribution in [0.25, 0.3) is 0 Å². The van der Waals surface area contributed by atoms with E-state index >= 15 is 0 Å². The maximum absolute atomic E-state index is 13.8. The van der Waals surface area contributed by atoms with Gasteiger partial charge < -0.3 is 25.6 Å². The van der Waals surface area contributed by atoms with E-state index in [0.717, 1.165) is 10.0 Å². The molecule has 10 nitrogen and oxygen atoms in total. The molecule has 0 saturated carbocycles. The van der Waals surface area contributed by atoms with Crippen molar-refractivity contribution in [3.8, 4) is 5.75 Å².